The zero-order valence-corrected chi connectivity index (χ0v) is 10.0. The molecule has 0 aromatic heterocycles. The zero-order valence-electron chi connectivity index (χ0n) is 9.18. The van der Waals surface area contributed by atoms with Gasteiger partial charge in [0.25, 0.3) is 0 Å². The quantitative estimate of drug-likeness (QED) is 0.683. The topological polar surface area (TPSA) is 29.3 Å². The molecule has 2 N–H and O–H groups in total. The van der Waals surface area contributed by atoms with E-state index in [4.69, 9.17) is 5.73 Å². The van der Waals surface area contributed by atoms with Gasteiger partial charge in [0, 0.05) is 12.6 Å². The van der Waals surface area contributed by atoms with E-state index in [-0.39, 0.29) is 10.6 Å². The Labute approximate surface area is 105 Å². The molecule has 0 fully saturated rings. The molecular weight excluding hydrogens is 275 g/mol. The van der Waals surface area contributed by atoms with Crippen molar-refractivity contribution >= 4 is 22.9 Å². The van der Waals surface area contributed by atoms with Gasteiger partial charge >= 0.3 is 6.18 Å². The summed E-state index contributed by atoms with van der Waals surface area (Å²) < 4.78 is 63.4. The molecule has 0 atom stereocenters. The number of hydrogen-bond donors (Lipinski definition) is 1. The summed E-state index contributed by atoms with van der Waals surface area (Å²) in [6.45, 7) is -1.39. The van der Waals surface area contributed by atoms with Crippen molar-refractivity contribution in [2.24, 2.45) is 5.73 Å². The van der Waals surface area contributed by atoms with Crippen LogP contribution in [0.2, 0.25) is 0 Å². The van der Waals surface area contributed by atoms with Crippen LogP contribution in [0.3, 0.4) is 0 Å². The molecule has 0 spiro atoms. The number of thiocarbonyl (C=S) groups is 1. The fourth-order valence-electron chi connectivity index (χ4n) is 1.38. The Morgan fingerprint density at radius 2 is 1.83 bits per heavy atom. The maximum Gasteiger partial charge on any atom is 0.405 e. The Balaban J connectivity index is 3.13. The van der Waals surface area contributed by atoms with Crippen LogP contribution in [-0.2, 0) is 0 Å². The highest BCUT2D eigenvalue weighted by Crippen LogP contribution is 2.26. The van der Waals surface area contributed by atoms with E-state index in [2.05, 4.69) is 12.2 Å². The van der Waals surface area contributed by atoms with Crippen molar-refractivity contribution < 1.29 is 22.0 Å². The molecule has 0 heterocycles. The van der Waals surface area contributed by atoms with Gasteiger partial charge in [0.2, 0.25) is 0 Å². The molecule has 100 valence electrons. The van der Waals surface area contributed by atoms with Gasteiger partial charge in [-0.05, 0) is 12.1 Å². The number of nitrogens with zero attached hydrogens (tertiary/aromatic N) is 1. The SMILES string of the molecule is CN(CC(F)(F)F)c1ccc(C(N)=S)c(F)c1F. The summed E-state index contributed by atoms with van der Waals surface area (Å²) in [4.78, 5) is 0.193. The first-order valence-electron chi connectivity index (χ1n) is 4.69. The van der Waals surface area contributed by atoms with Crippen molar-refractivity contribution in [2.75, 3.05) is 18.5 Å². The van der Waals surface area contributed by atoms with Gasteiger partial charge in [-0.1, -0.05) is 12.2 Å². The summed E-state index contributed by atoms with van der Waals surface area (Å²) in [5.41, 5.74) is 4.29. The first-order chi connectivity index (χ1) is 8.13. The lowest BCUT2D eigenvalue weighted by molar-refractivity contribution is -0.119. The van der Waals surface area contributed by atoms with E-state index >= 15 is 0 Å². The number of alkyl halides is 3. The van der Waals surface area contributed by atoms with E-state index in [0.29, 0.717) is 4.90 Å². The minimum absolute atomic E-state index is 0.341. The van der Waals surface area contributed by atoms with Crippen LogP contribution in [0, 0.1) is 11.6 Å². The average molecular weight is 284 g/mol. The highest BCUT2D eigenvalue weighted by molar-refractivity contribution is 7.80. The third-order valence-corrected chi connectivity index (χ3v) is 2.37. The molecule has 8 heteroatoms. The first kappa shape index (κ1) is 14.6. The summed E-state index contributed by atoms with van der Waals surface area (Å²) in [5, 5.41) is 0. The summed E-state index contributed by atoms with van der Waals surface area (Å²) >= 11 is 4.48. The van der Waals surface area contributed by atoms with Crippen molar-refractivity contribution in [3.05, 3.63) is 29.3 Å². The van der Waals surface area contributed by atoms with E-state index in [0.717, 1.165) is 19.2 Å². The van der Waals surface area contributed by atoms with Gasteiger partial charge < -0.3 is 10.6 Å². The van der Waals surface area contributed by atoms with Gasteiger partial charge in [0.05, 0.1) is 5.69 Å². The lowest BCUT2D eigenvalue weighted by Crippen LogP contribution is -2.31. The number of rotatable bonds is 3. The molecular formula is C10H9F5N2S. The summed E-state index contributed by atoms with van der Waals surface area (Å²) in [6, 6.07) is 2.04. The predicted octanol–water partition coefficient (Wildman–Crippen LogP) is 2.60. The monoisotopic (exact) mass is 284 g/mol. The molecule has 1 aromatic rings. The summed E-state index contributed by atoms with van der Waals surface area (Å²) in [6.07, 6.45) is -4.51. The Kier molecular flexibility index (Phi) is 4.10. The van der Waals surface area contributed by atoms with Crippen molar-refractivity contribution in [2.45, 2.75) is 6.18 Å². The van der Waals surface area contributed by atoms with Crippen LogP contribution in [0.4, 0.5) is 27.6 Å². The molecule has 18 heavy (non-hydrogen) atoms. The molecule has 0 aliphatic carbocycles. The molecule has 0 amide bonds. The number of benzene rings is 1. The first-order valence-corrected chi connectivity index (χ1v) is 5.10. The molecule has 0 aliphatic rings. The third-order valence-electron chi connectivity index (χ3n) is 2.16. The number of halogens is 5. The molecule has 2 nitrogen and oxygen atoms in total. The van der Waals surface area contributed by atoms with E-state index in [1.165, 1.54) is 0 Å². The van der Waals surface area contributed by atoms with Crippen LogP contribution < -0.4 is 10.6 Å². The Morgan fingerprint density at radius 3 is 2.28 bits per heavy atom. The van der Waals surface area contributed by atoms with E-state index in [1.807, 2.05) is 0 Å². The number of hydrogen-bond acceptors (Lipinski definition) is 2. The molecule has 0 bridgehead atoms. The normalized spacial score (nSPS) is 11.4. The highest BCUT2D eigenvalue weighted by atomic mass is 32.1. The molecule has 0 radical (unpaired) electrons. The molecule has 0 unspecified atom stereocenters. The van der Waals surface area contributed by atoms with Gasteiger partial charge in [-0.25, -0.2) is 8.78 Å². The van der Waals surface area contributed by atoms with E-state index < -0.39 is 30.0 Å². The summed E-state index contributed by atoms with van der Waals surface area (Å²) in [7, 11) is 1.01. The molecule has 0 saturated carbocycles. The second kappa shape index (κ2) is 5.05. The second-order valence-corrected chi connectivity index (χ2v) is 4.04. The Bertz CT molecular complexity index is 472. The van der Waals surface area contributed by atoms with Gasteiger partial charge in [-0.2, -0.15) is 13.2 Å². The lowest BCUT2D eigenvalue weighted by Gasteiger charge is -2.22. The van der Waals surface area contributed by atoms with E-state index in [9.17, 15) is 22.0 Å². The summed E-state index contributed by atoms with van der Waals surface area (Å²) in [5.74, 6) is -2.76. The number of anilines is 1. The van der Waals surface area contributed by atoms with Crippen LogP contribution in [0.15, 0.2) is 12.1 Å². The Morgan fingerprint density at radius 1 is 1.28 bits per heavy atom. The van der Waals surface area contributed by atoms with Crippen molar-refractivity contribution in [3.8, 4) is 0 Å². The van der Waals surface area contributed by atoms with E-state index in [1.54, 1.807) is 0 Å². The maximum absolute atomic E-state index is 13.5. The second-order valence-electron chi connectivity index (χ2n) is 3.60. The van der Waals surface area contributed by atoms with Crippen molar-refractivity contribution in [3.63, 3.8) is 0 Å². The molecule has 0 aliphatic heterocycles. The molecule has 0 saturated heterocycles. The molecule has 1 rings (SSSR count). The van der Waals surface area contributed by atoms with Crippen molar-refractivity contribution in [1.82, 2.24) is 0 Å². The predicted molar refractivity (Wildman–Crippen MR) is 61.6 cm³/mol. The van der Waals surface area contributed by atoms with Gasteiger partial charge in [-0.15, -0.1) is 0 Å². The average Bonchev–Trinajstić information content (AvgIpc) is 2.18. The fraction of sp³-hybridized carbons (Fsp3) is 0.300. The van der Waals surface area contributed by atoms with Gasteiger partial charge in [0.15, 0.2) is 11.6 Å². The maximum atomic E-state index is 13.5. The van der Waals surface area contributed by atoms with Crippen LogP contribution in [0.25, 0.3) is 0 Å². The van der Waals surface area contributed by atoms with Gasteiger partial charge in [0.1, 0.15) is 11.5 Å². The fourth-order valence-corrected chi connectivity index (χ4v) is 1.54. The zero-order chi connectivity index (χ0) is 14.1. The Hall–Kier alpha value is -1.44. The van der Waals surface area contributed by atoms with Crippen LogP contribution in [0.5, 0.6) is 0 Å². The smallest absolute Gasteiger partial charge is 0.389 e. The van der Waals surface area contributed by atoms with Crippen LogP contribution in [0.1, 0.15) is 5.56 Å². The van der Waals surface area contributed by atoms with Crippen LogP contribution in [-0.4, -0.2) is 24.8 Å². The standard InChI is InChI=1S/C10H9F5N2S/c1-17(4-10(13,14)15)6-3-2-5(9(16)18)7(11)8(6)12/h2-3H,4H2,1H3,(H2,16,18). The minimum atomic E-state index is -4.51. The van der Waals surface area contributed by atoms with Crippen molar-refractivity contribution in [1.29, 1.82) is 0 Å². The third kappa shape index (κ3) is 3.28. The van der Waals surface area contributed by atoms with Crippen LogP contribution >= 0.6 is 12.2 Å². The van der Waals surface area contributed by atoms with Gasteiger partial charge in [-0.3, -0.25) is 0 Å². The largest absolute Gasteiger partial charge is 0.405 e. The highest BCUT2D eigenvalue weighted by Gasteiger charge is 2.31. The minimum Gasteiger partial charge on any atom is -0.389 e. The lowest BCUT2D eigenvalue weighted by atomic mass is 10.1. The molecule has 1 aromatic carbocycles. The number of nitrogens with two attached hydrogens (primary N) is 1.